The number of thiol groups is 1. The molecule has 5 atom stereocenters. The van der Waals surface area contributed by atoms with Crippen molar-refractivity contribution in [3.63, 3.8) is 0 Å². The first-order valence-electron chi connectivity index (χ1n) is 7.86. The SMILES string of the molecule is CC(=O)OC1C(OC(C)=O)[C@@H](O)OC(COCc2ccccc2)[C@@H]1S. The van der Waals surface area contributed by atoms with Gasteiger partial charge in [0.05, 0.1) is 24.6 Å². The Balaban J connectivity index is 1.99. The van der Waals surface area contributed by atoms with Crippen LogP contribution in [0.1, 0.15) is 19.4 Å². The molecule has 0 aromatic heterocycles. The van der Waals surface area contributed by atoms with Crippen LogP contribution < -0.4 is 0 Å². The maximum Gasteiger partial charge on any atom is 0.303 e. The van der Waals surface area contributed by atoms with Crippen molar-refractivity contribution in [1.82, 2.24) is 0 Å². The van der Waals surface area contributed by atoms with Crippen LogP contribution in [0.15, 0.2) is 30.3 Å². The van der Waals surface area contributed by atoms with Gasteiger partial charge in [0.2, 0.25) is 0 Å². The predicted molar refractivity (Wildman–Crippen MR) is 90.9 cm³/mol. The van der Waals surface area contributed by atoms with Gasteiger partial charge in [-0.3, -0.25) is 9.59 Å². The highest BCUT2D eigenvalue weighted by atomic mass is 32.1. The number of carbonyl (C=O) groups is 2. The van der Waals surface area contributed by atoms with Gasteiger partial charge in [-0.15, -0.1) is 0 Å². The highest BCUT2D eigenvalue weighted by Gasteiger charge is 2.48. The Morgan fingerprint density at radius 2 is 1.72 bits per heavy atom. The highest BCUT2D eigenvalue weighted by Crippen LogP contribution is 2.29. The Hall–Kier alpha value is -1.61. The number of hydrogen-bond acceptors (Lipinski definition) is 8. The van der Waals surface area contributed by atoms with Crippen molar-refractivity contribution in [3.8, 4) is 0 Å². The largest absolute Gasteiger partial charge is 0.457 e. The molecule has 1 aliphatic heterocycles. The topological polar surface area (TPSA) is 91.3 Å². The molecule has 0 amide bonds. The molecule has 3 unspecified atom stereocenters. The predicted octanol–water partition coefficient (Wildman–Crippen LogP) is 1.08. The van der Waals surface area contributed by atoms with Gasteiger partial charge >= 0.3 is 11.9 Å². The number of aliphatic hydroxyl groups is 1. The zero-order valence-electron chi connectivity index (χ0n) is 14.0. The molecule has 1 N–H and O–H groups in total. The minimum atomic E-state index is -1.44. The molecule has 0 radical (unpaired) electrons. The van der Waals surface area contributed by atoms with Gasteiger partial charge in [0.15, 0.2) is 18.5 Å². The summed E-state index contributed by atoms with van der Waals surface area (Å²) in [5, 5.41) is 9.49. The summed E-state index contributed by atoms with van der Waals surface area (Å²) in [6, 6.07) is 9.57. The second kappa shape index (κ2) is 9.19. The first kappa shape index (κ1) is 19.7. The van der Waals surface area contributed by atoms with Crippen LogP contribution >= 0.6 is 12.6 Å². The fraction of sp³-hybridized carbons (Fsp3) is 0.529. The van der Waals surface area contributed by atoms with E-state index in [9.17, 15) is 14.7 Å². The van der Waals surface area contributed by atoms with E-state index in [1.807, 2.05) is 30.3 Å². The number of ether oxygens (including phenoxy) is 4. The fourth-order valence-corrected chi connectivity index (χ4v) is 2.94. The van der Waals surface area contributed by atoms with E-state index in [4.69, 9.17) is 18.9 Å². The summed E-state index contributed by atoms with van der Waals surface area (Å²) in [6.45, 7) is 2.92. The van der Waals surface area contributed by atoms with E-state index in [2.05, 4.69) is 12.6 Å². The highest BCUT2D eigenvalue weighted by molar-refractivity contribution is 7.81. The number of benzene rings is 1. The number of aliphatic hydroxyl groups excluding tert-OH is 1. The van der Waals surface area contributed by atoms with E-state index in [1.54, 1.807) is 0 Å². The number of carbonyl (C=O) groups excluding carboxylic acids is 2. The molecule has 1 fully saturated rings. The third-order valence-corrected chi connectivity index (χ3v) is 4.26. The summed E-state index contributed by atoms with van der Waals surface area (Å²) in [5.41, 5.74) is 0.990. The molecule has 1 aromatic rings. The van der Waals surface area contributed by atoms with Crippen LogP contribution in [0.25, 0.3) is 0 Å². The monoisotopic (exact) mass is 370 g/mol. The summed E-state index contributed by atoms with van der Waals surface area (Å²) in [7, 11) is 0. The quantitative estimate of drug-likeness (QED) is 0.572. The molecular formula is C17H22O7S. The van der Waals surface area contributed by atoms with Crippen molar-refractivity contribution in [2.24, 2.45) is 0 Å². The number of hydrogen-bond donors (Lipinski definition) is 2. The van der Waals surface area contributed by atoms with Gasteiger partial charge in [-0.05, 0) is 5.56 Å². The normalized spacial score (nSPS) is 29.0. The standard InChI is InChI=1S/C17H22O7S/c1-10(18)22-14-15(23-11(2)19)17(20)24-13(16(14)25)9-21-8-12-6-4-3-5-7-12/h3-7,13-17,20,25H,8-9H2,1-2H3/t13?,14?,15?,16-,17-/m0/s1. The van der Waals surface area contributed by atoms with Crippen molar-refractivity contribution in [3.05, 3.63) is 35.9 Å². The van der Waals surface area contributed by atoms with Crippen molar-refractivity contribution in [1.29, 1.82) is 0 Å². The van der Waals surface area contributed by atoms with Crippen LogP contribution in [-0.2, 0) is 35.1 Å². The van der Waals surface area contributed by atoms with Crippen molar-refractivity contribution in [2.45, 2.75) is 50.3 Å². The third kappa shape index (κ3) is 5.71. The lowest BCUT2D eigenvalue weighted by Gasteiger charge is -2.41. The summed E-state index contributed by atoms with van der Waals surface area (Å²) in [6.07, 6.45) is -4.17. The minimum absolute atomic E-state index is 0.130. The van der Waals surface area contributed by atoms with Crippen LogP contribution in [-0.4, -0.2) is 53.5 Å². The summed E-state index contributed by atoms with van der Waals surface area (Å²) < 4.78 is 21.3. The Labute approximate surface area is 151 Å². The third-order valence-electron chi connectivity index (χ3n) is 3.63. The minimum Gasteiger partial charge on any atom is -0.457 e. The Morgan fingerprint density at radius 3 is 2.32 bits per heavy atom. The van der Waals surface area contributed by atoms with E-state index in [0.29, 0.717) is 6.61 Å². The first-order chi connectivity index (χ1) is 11.9. The smallest absolute Gasteiger partial charge is 0.303 e. The van der Waals surface area contributed by atoms with Gasteiger partial charge in [0.1, 0.15) is 0 Å². The molecule has 1 saturated heterocycles. The zero-order valence-corrected chi connectivity index (χ0v) is 14.9. The summed E-state index contributed by atoms with van der Waals surface area (Å²) in [4.78, 5) is 22.6. The van der Waals surface area contributed by atoms with Gasteiger partial charge in [-0.25, -0.2) is 0 Å². The van der Waals surface area contributed by atoms with Crippen LogP contribution in [0.2, 0.25) is 0 Å². The molecule has 8 heteroatoms. The zero-order chi connectivity index (χ0) is 18.4. The van der Waals surface area contributed by atoms with E-state index in [0.717, 1.165) is 5.56 Å². The second-order valence-electron chi connectivity index (χ2n) is 5.70. The molecule has 1 aliphatic rings. The molecule has 25 heavy (non-hydrogen) atoms. The van der Waals surface area contributed by atoms with Crippen LogP contribution in [0.4, 0.5) is 0 Å². The van der Waals surface area contributed by atoms with Crippen LogP contribution in [0.5, 0.6) is 0 Å². The van der Waals surface area contributed by atoms with Gasteiger partial charge in [-0.2, -0.15) is 12.6 Å². The maximum atomic E-state index is 11.4. The van der Waals surface area contributed by atoms with E-state index >= 15 is 0 Å². The first-order valence-corrected chi connectivity index (χ1v) is 8.38. The lowest BCUT2D eigenvalue weighted by Crippen LogP contribution is -2.59. The summed E-state index contributed by atoms with van der Waals surface area (Å²) in [5.74, 6) is -1.19. The lowest BCUT2D eigenvalue weighted by molar-refractivity contribution is -0.261. The second-order valence-corrected chi connectivity index (χ2v) is 6.30. The Kier molecular flexibility index (Phi) is 7.24. The lowest BCUT2D eigenvalue weighted by atomic mass is 10.0. The Morgan fingerprint density at radius 1 is 1.12 bits per heavy atom. The van der Waals surface area contributed by atoms with Crippen LogP contribution in [0.3, 0.4) is 0 Å². The number of rotatable bonds is 6. The molecule has 0 bridgehead atoms. The van der Waals surface area contributed by atoms with E-state index in [-0.39, 0.29) is 6.61 Å². The molecule has 1 aromatic carbocycles. The van der Waals surface area contributed by atoms with Gasteiger partial charge in [0.25, 0.3) is 0 Å². The van der Waals surface area contributed by atoms with Crippen LogP contribution in [0, 0.1) is 0 Å². The maximum absolute atomic E-state index is 11.4. The van der Waals surface area contributed by atoms with Gasteiger partial charge in [0, 0.05) is 13.8 Å². The van der Waals surface area contributed by atoms with Crippen molar-refractivity contribution in [2.75, 3.05) is 6.61 Å². The molecule has 0 spiro atoms. The Bertz CT molecular complexity index is 580. The average Bonchev–Trinajstić information content (AvgIpc) is 2.55. The average molecular weight is 370 g/mol. The van der Waals surface area contributed by atoms with Gasteiger partial charge < -0.3 is 24.1 Å². The van der Waals surface area contributed by atoms with Gasteiger partial charge in [-0.1, -0.05) is 30.3 Å². The van der Waals surface area contributed by atoms with E-state index in [1.165, 1.54) is 13.8 Å². The molecule has 1 heterocycles. The summed E-state index contributed by atoms with van der Waals surface area (Å²) >= 11 is 4.42. The molecule has 2 rings (SSSR count). The molecule has 0 saturated carbocycles. The van der Waals surface area contributed by atoms with E-state index < -0.39 is 41.8 Å². The molecule has 138 valence electrons. The van der Waals surface area contributed by atoms with Crippen molar-refractivity contribution >= 4 is 24.6 Å². The molecule has 7 nitrogen and oxygen atoms in total. The number of esters is 2. The fourth-order valence-electron chi connectivity index (χ4n) is 2.56. The van der Waals surface area contributed by atoms with Crippen molar-refractivity contribution < 1.29 is 33.6 Å². The molecular weight excluding hydrogens is 348 g/mol. The molecule has 0 aliphatic carbocycles.